The standard InChI is InChI=1S/C12H15NO2/c1-9-7-11(12(14)15)13(9)8-10-5-3-2-4-6-10/h2-6,9,11H,7-8H2,1H3,(H,14,15)/t9-,11-/m1/s1. The molecule has 0 saturated carbocycles. The van der Waals surface area contributed by atoms with Crippen LogP contribution in [0.1, 0.15) is 18.9 Å². The minimum atomic E-state index is -0.705. The van der Waals surface area contributed by atoms with Crippen molar-refractivity contribution in [2.24, 2.45) is 0 Å². The van der Waals surface area contributed by atoms with Gasteiger partial charge in [0.25, 0.3) is 0 Å². The summed E-state index contributed by atoms with van der Waals surface area (Å²) < 4.78 is 0. The number of carboxylic acids is 1. The molecule has 0 bridgehead atoms. The van der Waals surface area contributed by atoms with E-state index in [0.717, 1.165) is 13.0 Å². The summed E-state index contributed by atoms with van der Waals surface area (Å²) in [6.07, 6.45) is 0.766. The lowest BCUT2D eigenvalue weighted by Gasteiger charge is -2.44. The quantitative estimate of drug-likeness (QED) is 0.817. The highest BCUT2D eigenvalue weighted by molar-refractivity contribution is 5.74. The predicted octanol–water partition coefficient (Wildman–Crippen LogP) is 1.73. The van der Waals surface area contributed by atoms with Crippen LogP contribution in [0.4, 0.5) is 0 Å². The number of carbonyl (C=O) groups is 1. The molecule has 0 aliphatic carbocycles. The molecule has 15 heavy (non-hydrogen) atoms. The number of hydrogen-bond donors (Lipinski definition) is 1. The van der Waals surface area contributed by atoms with E-state index in [9.17, 15) is 4.79 Å². The van der Waals surface area contributed by atoms with Crippen molar-refractivity contribution in [3.05, 3.63) is 35.9 Å². The molecule has 1 saturated heterocycles. The number of likely N-dealkylation sites (tertiary alicyclic amines) is 1. The van der Waals surface area contributed by atoms with Gasteiger partial charge in [-0.15, -0.1) is 0 Å². The molecule has 1 N–H and O–H groups in total. The van der Waals surface area contributed by atoms with Crippen molar-refractivity contribution < 1.29 is 9.90 Å². The van der Waals surface area contributed by atoms with E-state index < -0.39 is 5.97 Å². The fourth-order valence-electron chi connectivity index (χ4n) is 2.07. The highest BCUT2D eigenvalue weighted by atomic mass is 16.4. The third kappa shape index (κ3) is 2.02. The molecule has 1 aromatic carbocycles. The Balaban J connectivity index is 2.02. The van der Waals surface area contributed by atoms with Crippen molar-refractivity contribution in [2.45, 2.75) is 32.0 Å². The van der Waals surface area contributed by atoms with Gasteiger partial charge < -0.3 is 5.11 Å². The third-order valence-electron chi connectivity index (χ3n) is 3.02. The monoisotopic (exact) mass is 205 g/mol. The van der Waals surface area contributed by atoms with E-state index in [1.54, 1.807) is 0 Å². The molecule has 2 atom stereocenters. The molecular formula is C12H15NO2. The summed E-state index contributed by atoms with van der Waals surface area (Å²) in [6.45, 7) is 2.81. The largest absolute Gasteiger partial charge is 0.480 e. The average Bonchev–Trinajstić information content (AvgIpc) is 2.23. The number of nitrogens with zero attached hydrogens (tertiary/aromatic N) is 1. The Morgan fingerprint density at radius 2 is 2.13 bits per heavy atom. The topological polar surface area (TPSA) is 40.5 Å². The molecule has 3 nitrogen and oxygen atoms in total. The Hall–Kier alpha value is -1.35. The average molecular weight is 205 g/mol. The summed E-state index contributed by atoms with van der Waals surface area (Å²) >= 11 is 0. The molecule has 0 unspecified atom stereocenters. The van der Waals surface area contributed by atoms with Gasteiger partial charge in [0, 0.05) is 12.6 Å². The first-order valence-electron chi connectivity index (χ1n) is 5.21. The first kappa shape index (κ1) is 10.2. The highest BCUT2D eigenvalue weighted by Gasteiger charge is 2.39. The van der Waals surface area contributed by atoms with Crippen molar-refractivity contribution in [3.8, 4) is 0 Å². The molecule has 0 aromatic heterocycles. The smallest absolute Gasteiger partial charge is 0.320 e. The molecule has 2 rings (SSSR count). The second kappa shape index (κ2) is 4.03. The lowest BCUT2D eigenvalue weighted by Crippen LogP contribution is -2.57. The van der Waals surface area contributed by atoms with Crippen LogP contribution in [0.25, 0.3) is 0 Å². The molecule has 3 heteroatoms. The number of carboxylic acid groups (broad SMARTS) is 1. The fourth-order valence-corrected chi connectivity index (χ4v) is 2.07. The number of hydrogen-bond acceptors (Lipinski definition) is 2. The lowest BCUT2D eigenvalue weighted by atomic mass is 9.93. The molecule has 80 valence electrons. The molecular weight excluding hydrogens is 190 g/mol. The van der Waals surface area contributed by atoms with Crippen LogP contribution in [0.5, 0.6) is 0 Å². The number of aliphatic carboxylic acids is 1. The van der Waals surface area contributed by atoms with Crippen LogP contribution in [0.15, 0.2) is 30.3 Å². The predicted molar refractivity (Wildman–Crippen MR) is 57.5 cm³/mol. The summed E-state index contributed by atoms with van der Waals surface area (Å²) in [4.78, 5) is 12.9. The van der Waals surface area contributed by atoms with Crippen LogP contribution in [-0.2, 0) is 11.3 Å². The fraction of sp³-hybridized carbons (Fsp3) is 0.417. The molecule has 1 aliphatic rings. The lowest BCUT2D eigenvalue weighted by molar-refractivity contribution is -0.152. The van der Waals surface area contributed by atoms with Crippen molar-refractivity contribution >= 4 is 5.97 Å². The van der Waals surface area contributed by atoms with Gasteiger partial charge in [0.2, 0.25) is 0 Å². The summed E-state index contributed by atoms with van der Waals surface area (Å²) in [7, 11) is 0. The third-order valence-corrected chi connectivity index (χ3v) is 3.02. The molecule has 1 heterocycles. The van der Waals surface area contributed by atoms with Gasteiger partial charge in [-0.25, -0.2) is 0 Å². The summed E-state index contributed by atoms with van der Waals surface area (Å²) in [6, 6.07) is 10.1. The summed E-state index contributed by atoms with van der Waals surface area (Å²) in [5.41, 5.74) is 1.18. The zero-order chi connectivity index (χ0) is 10.8. The maximum absolute atomic E-state index is 10.9. The van der Waals surface area contributed by atoms with Crippen molar-refractivity contribution in [2.75, 3.05) is 0 Å². The molecule has 0 amide bonds. The second-order valence-electron chi connectivity index (χ2n) is 4.10. The Morgan fingerprint density at radius 1 is 1.47 bits per heavy atom. The van der Waals surface area contributed by atoms with Crippen LogP contribution in [0.2, 0.25) is 0 Å². The second-order valence-corrected chi connectivity index (χ2v) is 4.10. The summed E-state index contributed by atoms with van der Waals surface area (Å²) in [5.74, 6) is -0.705. The van der Waals surface area contributed by atoms with E-state index in [0.29, 0.717) is 6.04 Å². The first-order chi connectivity index (χ1) is 7.18. The van der Waals surface area contributed by atoms with E-state index in [2.05, 4.69) is 6.92 Å². The Labute approximate surface area is 89.3 Å². The van der Waals surface area contributed by atoms with E-state index in [4.69, 9.17) is 5.11 Å². The van der Waals surface area contributed by atoms with Crippen molar-refractivity contribution in [1.82, 2.24) is 4.90 Å². The zero-order valence-corrected chi connectivity index (χ0v) is 8.76. The minimum absolute atomic E-state index is 0.291. The van der Waals surface area contributed by atoms with Crippen LogP contribution >= 0.6 is 0 Å². The van der Waals surface area contributed by atoms with E-state index in [1.807, 2.05) is 35.2 Å². The van der Waals surface area contributed by atoms with E-state index in [-0.39, 0.29) is 6.04 Å². The number of benzene rings is 1. The van der Waals surface area contributed by atoms with Gasteiger partial charge in [-0.3, -0.25) is 9.69 Å². The Bertz CT molecular complexity index is 350. The van der Waals surface area contributed by atoms with Crippen LogP contribution in [-0.4, -0.2) is 28.1 Å². The molecule has 1 aliphatic heterocycles. The van der Waals surface area contributed by atoms with Crippen LogP contribution in [0, 0.1) is 0 Å². The van der Waals surface area contributed by atoms with E-state index >= 15 is 0 Å². The van der Waals surface area contributed by atoms with Gasteiger partial charge in [-0.2, -0.15) is 0 Å². The molecule has 1 fully saturated rings. The van der Waals surface area contributed by atoms with Gasteiger partial charge in [-0.05, 0) is 18.9 Å². The number of rotatable bonds is 3. The van der Waals surface area contributed by atoms with Crippen LogP contribution < -0.4 is 0 Å². The van der Waals surface area contributed by atoms with Crippen molar-refractivity contribution in [1.29, 1.82) is 0 Å². The maximum Gasteiger partial charge on any atom is 0.320 e. The SMILES string of the molecule is C[C@@H]1C[C@H](C(=O)O)N1Cc1ccccc1. The van der Waals surface area contributed by atoms with Gasteiger partial charge in [0.05, 0.1) is 0 Å². The highest BCUT2D eigenvalue weighted by Crippen LogP contribution is 2.27. The van der Waals surface area contributed by atoms with Gasteiger partial charge in [0.1, 0.15) is 6.04 Å². The molecule has 0 radical (unpaired) electrons. The minimum Gasteiger partial charge on any atom is -0.480 e. The Morgan fingerprint density at radius 3 is 2.67 bits per heavy atom. The normalized spacial score (nSPS) is 25.9. The Kier molecular flexibility index (Phi) is 2.73. The van der Waals surface area contributed by atoms with Gasteiger partial charge in [-0.1, -0.05) is 30.3 Å². The zero-order valence-electron chi connectivity index (χ0n) is 8.76. The van der Waals surface area contributed by atoms with Gasteiger partial charge >= 0.3 is 5.97 Å². The molecule has 1 aromatic rings. The maximum atomic E-state index is 10.9. The van der Waals surface area contributed by atoms with Gasteiger partial charge in [0.15, 0.2) is 0 Å². The molecule has 0 spiro atoms. The van der Waals surface area contributed by atoms with E-state index in [1.165, 1.54) is 5.56 Å². The first-order valence-corrected chi connectivity index (χ1v) is 5.21. The van der Waals surface area contributed by atoms with Crippen molar-refractivity contribution in [3.63, 3.8) is 0 Å². The summed E-state index contributed by atoms with van der Waals surface area (Å²) in [5, 5.41) is 8.96. The van der Waals surface area contributed by atoms with Crippen LogP contribution in [0.3, 0.4) is 0 Å².